The fourth-order valence-electron chi connectivity index (χ4n) is 2.34. The average Bonchev–Trinajstić information content (AvgIpc) is 2.53. The van der Waals surface area contributed by atoms with Gasteiger partial charge in [0.15, 0.2) is 5.82 Å². The van der Waals surface area contributed by atoms with Gasteiger partial charge in [-0.25, -0.2) is 9.48 Å². The molecule has 0 spiro atoms. The van der Waals surface area contributed by atoms with Crippen molar-refractivity contribution in [2.45, 2.75) is 20.4 Å². The molecule has 0 atom stereocenters. The van der Waals surface area contributed by atoms with E-state index in [1.54, 1.807) is 10.7 Å². The van der Waals surface area contributed by atoms with Crippen molar-refractivity contribution in [1.82, 2.24) is 19.3 Å². The second-order valence-corrected chi connectivity index (χ2v) is 5.21. The van der Waals surface area contributed by atoms with E-state index < -0.39 is 5.69 Å². The van der Waals surface area contributed by atoms with Crippen LogP contribution in [0.1, 0.15) is 12.5 Å². The van der Waals surface area contributed by atoms with Gasteiger partial charge in [0.05, 0.1) is 11.3 Å². The molecule has 0 N–H and O–H groups in total. The molecule has 2 aliphatic rings. The number of fused-ring (bicyclic) bond motifs is 1. The van der Waals surface area contributed by atoms with E-state index in [0.29, 0.717) is 23.6 Å². The van der Waals surface area contributed by atoms with Crippen molar-refractivity contribution < 1.29 is 0 Å². The van der Waals surface area contributed by atoms with E-state index in [4.69, 9.17) is 0 Å². The molecule has 0 aromatic heterocycles. The summed E-state index contributed by atoms with van der Waals surface area (Å²) in [6.07, 6.45) is 0. The van der Waals surface area contributed by atoms with E-state index in [9.17, 15) is 9.59 Å². The molecule has 112 valence electrons. The van der Waals surface area contributed by atoms with Gasteiger partial charge < -0.3 is 0 Å². The Bertz CT molecular complexity index is 922. The van der Waals surface area contributed by atoms with E-state index >= 15 is 0 Å². The Labute approximate surface area is 127 Å². The van der Waals surface area contributed by atoms with Crippen LogP contribution in [-0.2, 0) is 13.6 Å². The first-order chi connectivity index (χ1) is 10.5. The molecular formula is C16H16N4O2. The third-order valence-corrected chi connectivity index (χ3v) is 3.67. The van der Waals surface area contributed by atoms with E-state index in [1.807, 2.05) is 38.1 Å². The first kappa shape index (κ1) is 14.2. The highest BCUT2D eigenvalue weighted by molar-refractivity contribution is 5.67. The Hall–Kier alpha value is -2.76. The first-order valence-electron chi connectivity index (χ1n) is 7.07. The van der Waals surface area contributed by atoms with Crippen LogP contribution in [0.15, 0.2) is 39.9 Å². The zero-order chi connectivity index (χ0) is 15.9. The van der Waals surface area contributed by atoms with Gasteiger partial charge in [-0.2, -0.15) is 10.1 Å². The molecule has 0 radical (unpaired) electrons. The number of aryl methyl sites for hydroxylation is 2. The quantitative estimate of drug-likeness (QED) is 0.717. The first-order valence-corrected chi connectivity index (χ1v) is 7.07. The van der Waals surface area contributed by atoms with Crippen molar-refractivity contribution in [3.8, 4) is 22.6 Å². The van der Waals surface area contributed by atoms with Gasteiger partial charge in [0.1, 0.15) is 0 Å². The van der Waals surface area contributed by atoms with E-state index in [2.05, 4.69) is 10.1 Å². The normalized spacial score (nSPS) is 11.0. The number of nitrogens with zero attached hydrogens (tertiary/aromatic N) is 4. The largest absolute Gasteiger partial charge is 0.352 e. The Balaban J connectivity index is 2.35. The molecule has 2 aliphatic heterocycles. The lowest BCUT2D eigenvalue weighted by molar-refractivity contribution is 0.625. The summed E-state index contributed by atoms with van der Waals surface area (Å²) in [6, 6.07) is 9.61. The van der Waals surface area contributed by atoms with Gasteiger partial charge in [0.25, 0.3) is 5.56 Å². The minimum absolute atomic E-state index is 0.325. The SMILES string of the molecule is CCn1nc(-c2ccc(C)cc2)cc2c(=O)n(C)c(=O)nc1-2. The highest BCUT2D eigenvalue weighted by Gasteiger charge is 2.18. The van der Waals surface area contributed by atoms with Crippen LogP contribution in [0, 0.1) is 6.92 Å². The van der Waals surface area contributed by atoms with Gasteiger partial charge in [-0.05, 0) is 19.9 Å². The molecule has 0 aliphatic carbocycles. The monoisotopic (exact) mass is 296 g/mol. The van der Waals surface area contributed by atoms with Gasteiger partial charge in [-0.1, -0.05) is 29.8 Å². The maximum absolute atomic E-state index is 12.3. The summed E-state index contributed by atoms with van der Waals surface area (Å²) in [7, 11) is 1.43. The molecule has 22 heavy (non-hydrogen) atoms. The van der Waals surface area contributed by atoms with Crippen molar-refractivity contribution in [2.75, 3.05) is 0 Å². The summed E-state index contributed by atoms with van der Waals surface area (Å²) < 4.78 is 2.61. The number of rotatable bonds is 2. The number of hydrogen-bond acceptors (Lipinski definition) is 4. The van der Waals surface area contributed by atoms with E-state index in [-0.39, 0.29) is 5.56 Å². The van der Waals surface area contributed by atoms with Crippen molar-refractivity contribution in [3.05, 3.63) is 56.7 Å². The molecule has 3 rings (SSSR count). The predicted octanol–water partition coefficient (Wildman–Crippen LogP) is 1.44. The fourth-order valence-corrected chi connectivity index (χ4v) is 2.34. The Kier molecular flexibility index (Phi) is 3.36. The van der Waals surface area contributed by atoms with Crippen LogP contribution < -0.4 is 11.2 Å². The topological polar surface area (TPSA) is 69.8 Å². The van der Waals surface area contributed by atoms with Crippen molar-refractivity contribution >= 4 is 0 Å². The molecule has 0 saturated heterocycles. The predicted molar refractivity (Wildman–Crippen MR) is 84.0 cm³/mol. The second-order valence-electron chi connectivity index (χ2n) is 5.21. The van der Waals surface area contributed by atoms with E-state index in [0.717, 1.165) is 15.7 Å². The maximum atomic E-state index is 12.3. The van der Waals surface area contributed by atoms with Gasteiger partial charge in [-0.3, -0.25) is 9.36 Å². The van der Waals surface area contributed by atoms with Gasteiger partial charge >= 0.3 is 5.69 Å². The highest BCUT2D eigenvalue weighted by atomic mass is 16.2. The molecule has 1 aromatic carbocycles. The van der Waals surface area contributed by atoms with Crippen molar-refractivity contribution in [2.24, 2.45) is 7.05 Å². The second kappa shape index (κ2) is 5.22. The number of hydrogen-bond donors (Lipinski definition) is 0. The Morgan fingerprint density at radius 1 is 1.14 bits per heavy atom. The fraction of sp³-hybridized carbons (Fsp3) is 0.250. The van der Waals surface area contributed by atoms with Crippen LogP contribution in [0.25, 0.3) is 22.6 Å². The van der Waals surface area contributed by atoms with Gasteiger partial charge in [0, 0.05) is 19.2 Å². The summed E-state index contributed by atoms with van der Waals surface area (Å²) in [4.78, 5) is 28.0. The molecule has 0 amide bonds. The molecule has 6 nitrogen and oxygen atoms in total. The molecule has 2 heterocycles. The zero-order valence-corrected chi connectivity index (χ0v) is 12.7. The van der Waals surface area contributed by atoms with Gasteiger partial charge in [0.2, 0.25) is 0 Å². The summed E-state index contributed by atoms with van der Waals surface area (Å²) in [5, 5.41) is 4.50. The molecular weight excluding hydrogens is 280 g/mol. The third-order valence-electron chi connectivity index (χ3n) is 3.67. The number of benzene rings is 1. The summed E-state index contributed by atoms with van der Waals surface area (Å²) in [5.74, 6) is 0.325. The minimum Gasteiger partial charge on any atom is -0.268 e. The lowest BCUT2D eigenvalue weighted by Crippen LogP contribution is -2.36. The van der Waals surface area contributed by atoms with E-state index in [1.165, 1.54) is 7.05 Å². The van der Waals surface area contributed by atoms with Crippen molar-refractivity contribution in [1.29, 1.82) is 0 Å². The van der Waals surface area contributed by atoms with Gasteiger partial charge in [-0.15, -0.1) is 0 Å². The number of aromatic nitrogens is 4. The Morgan fingerprint density at radius 3 is 2.45 bits per heavy atom. The maximum Gasteiger partial charge on any atom is 0.352 e. The van der Waals surface area contributed by atoms with Crippen LogP contribution in [0.3, 0.4) is 0 Å². The minimum atomic E-state index is -0.565. The standard InChI is InChI=1S/C16H16N4O2/c1-4-20-14-12(15(21)19(3)16(22)17-14)9-13(18-20)11-7-5-10(2)6-8-11/h5-9H,4H2,1-3H3. The van der Waals surface area contributed by atoms with Crippen LogP contribution >= 0.6 is 0 Å². The summed E-state index contributed by atoms with van der Waals surface area (Å²) in [5.41, 5.74) is 2.24. The lowest BCUT2D eigenvalue weighted by atomic mass is 10.1. The van der Waals surface area contributed by atoms with Crippen molar-refractivity contribution in [3.63, 3.8) is 0 Å². The van der Waals surface area contributed by atoms with Crippen LogP contribution in [0.4, 0.5) is 0 Å². The highest BCUT2D eigenvalue weighted by Crippen LogP contribution is 2.22. The molecule has 0 fully saturated rings. The summed E-state index contributed by atoms with van der Waals surface area (Å²) in [6.45, 7) is 4.43. The molecule has 1 aromatic rings. The van der Waals surface area contributed by atoms with Crippen LogP contribution in [0.2, 0.25) is 0 Å². The average molecular weight is 296 g/mol. The molecule has 6 heteroatoms. The van der Waals surface area contributed by atoms with Crippen LogP contribution in [0.5, 0.6) is 0 Å². The van der Waals surface area contributed by atoms with Crippen LogP contribution in [-0.4, -0.2) is 19.3 Å². The Morgan fingerprint density at radius 2 is 1.82 bits per heavy atom. The zero-order valence-electron chi connectivity index (χ0n) is 12.7. The summed E-state index contributed by atoms with van der Waals surface area (Å²) >= 11 is 0. The lowest BCUT2D eigenvalue weighted by Gasteiger charge is -2.14. The smallest absolute Gasteiger partial charge is 0.268 e. The molecule has 0 saturated carbocycles. The molecule has 0 unspecified atom stereocenters. The molecule has 0 bridgehead atoms. The third kappa shape index (κ3) is 2.22.